The molecule has 0 atom stereocenters. The highest BCUT2D eigenvalue weighted by Gasteiger charge is 2.31. The number of amides is 2. The first-order valence-electron chi connectivity index (χ1n) is 16.4. The molecule has 2 amide bonds. The SMILES string of the molecule is CC(C)(C)CN(Cc1nc(-c2cccnc2F)c(Br)s1)C(=O)O.CC(C)(C)CN(Cc1nc(-c2cccnc2F)c(S(=O)(=O)c2cccc(F)c2)s1)C(=O)O. The maximum absolute atomic E-state index is 14.4. The predicted octanol–water partition coefficient (Wildman–Crippen LogP) is 9.47. The van der Waals surface area contributed by atoms with Gasteiger partial charge in [0.1, 0.15) is 27.2 Å². The lowest BCUT2D eigenvalue weighted by Gasteiger charge is -2.27. The van der Waals surface area contributed by atoms with Gasteiger partial charge in [0.2, 0.25) is 21.7 Å². The first-order chi connectivity index (χ1) is 25.6. The number of aromatic nitrogens is 4. The Balaban J connectivity index is 0.000000258. The Kier molecular flexibility index (Phi) is 13.8. The minimum Gasteiger partial charge on any atom is -0.465 e. The summed E-state index contributed by atoms with van der Waals surface area (Å²) in [6.07, 6.45) is 0.386. The number of carboxylic acid groups (broad SMARTS) is 2. The zero-order valence-corrected chi connectivity index (χ0v) is 34.6. The van der Waals surface area contributed by atoms with Crippen LogP contribution in [0.4, 0.5) is 22.8 Å². The molecule has 294 valence electrons. The van der Waals surface area contributed by atoms with Gasteiger partial charge in [-0.2, -0.15) is 8.78 Å². The highest BCUT2D eigenvalue weighted by atomic mass is 79.9. The number of hydrogen-bond donors (Lipinski definition) is 2. The van der Waals surface area contributed by atoms with Crippen LogP contribution in [-0.4, -0.2) is 73.6 Å². The van der Waals surface area contributed by atoms with E-state index in [4.69, 9.17) is 0 Å². The fourth-order valence-electron chi connectivity index (χ4n) is 5.07. The van der Waals surface area contributed by atoms with Gasteiger partial charge < -0.3 is 20.0 Å². The third-order valence-corrected chi connectivity index (χ3v) is 12.2. The molecule has 55 heavy (non-hydrogen) atoms. The third-order valence-electron chi connectivity index (χ3n) is 7.17. The van der Waals surface area contributed by atoms with Crippen molar-refractivity contribution in [2.24, 2.45) is 10.8 Å². The molecule has 0 aliphatic rings. The lowest BCUT2D eigenvalue weighted by atomic mass is 9.96. The molecule has 0 fully saturated rings. The lowest BCUT2D eigenvalue weighted by Crippen LogP contribution is -2.36. The summed E-state index contributed by atoms with van der Waals surface area (Å²) < 4.78 is 68.8. The number of thiazole rings is 2. The molecule has 4 heterocycles. The van der Waals surface area contributed by atoms with Crippen molar-refractivity contribution in [3.63, 3.8) is 0 Å². The number of nitrogens with zero attached hydrogens (tertiary/aromatic N) is 6. The highest BCUT2D eigenvalue weighted by Crippen LogP contribution is 2.38. The Morgan fingerprint density at radius 2 is 1.22 bits per heavy atom. The molecule has 5 rings (SSSR count). The standard InChI is InChI=1S/C21H21F2N3O4S2.C15H17BrFN3O2S/c1-21(2,3)12-26(20(27)28)11-16-25-17(15-8-5-9-24-18(15)23)19(31-16)32(29,30)14-7-4-6-13(22)10-14;1-15(2,3)8-20(14(21)22)7-10-19-11(12(16)23-10)9-5-4-6-18-13(9)17/h4-10H,11-12H2,1-3H3,(H,27,28);4-6H,7-8H2,1-3H3,(H,21,22). The van der Waals surface area contributed by atoms with E-state index in [1.807, 2.05) is 41.5 Å². The summed E-state index contributed by atoms with van der Waals surface area (Å²) in [6, 6.07) is 10.4. The van der Waals surface area contributed by atoms with Crippen molar-refractivity contribution in [3.8, 4) is 22.5 Å². The van der Waals surface area contributed by atoms with Gasteiger partial charge in [-0.25, -0.2) is 42.3 Å². The third kappa shape index (κ3) is 11.8. The fraction of sp³-hybridized carbons (Fsp3) is 0.333. The van der Waals surface area contributed by atoms with Gasteiger partial charge in [-0.1, -0.05) is 47.6 Å². The Hall–Kier alpha value is -4.46. The second-order valence-corrected chi connectivity index (χ2v) is 20.1. The molecule has 0 aliphatic carbocycles. The Morgan fingerprint density at radius 1 is 0.745 bits per heavy atom. The van der Waals surface area contributed by atoms with E-state index in [1.54, 1.807) is 12.1 Å². The van der Waals surface area contributed by atoms with Crippen molar-refractivity contribution in [1.82, 2.24) is 29.7 Å². The number of halogens is 4. The first kappa shape index (κ1) is 43.3. The Bertz CT molecular complexity index is 2280. The van der Waals surface area contributed by atoms with Gasteiger partial charge >= 0.3 is 12.2 Å². The van der Waals surface area contributed by atoms with Crippen LogP contribution >= 0.6 is 38.6 Å². The predicted molar refractivity (Wildman–Crippen MR) is 206 cm³/mol. The van der Waals surface area contributed by atoms with Gasteiger partial charge in [-0.15, -0.1) is 22.7 Å². The van der Waals surface area contributed by atoms with Crippen LogP contribution in [-0.2, 0) is 22.9 Å². The van der Waals surface area contributed by atoms with E-state index in [-0.39, 0.29) is 55.8 Å². The largest absolute Gasteiger partial charge is 0.465 e. The summed E-state index contributed by atoms with van der Waals surface area (Å²) >= 11 is 5.39. The molecule has 12 nitrogen and oxygen atoms in total. The maximum Gasteiger partial charge on any atom is 0.407 e. The van der Waals surface area contributed by atoms with Crippen LogP contribution in [0.5, 0.6) is 0 Å². The van der Waals surface area contributed by atoms with Crippen LogP contribution < -0.4 is 0 Å². The van der Waals surface area contributed by atoms with Crippen molar-refractivity contribution < 1.29 is 41.4 Å². The first-order valence-corrected chi connectivity index (χ1v) is 20.3. The molecular formula is C36H38BrF3N6O6S3. The Morgan fingerprint density at radius 3 is 1.67 bits per heavy atom. The topological polar surface area (TPSA) is 167 Å². The molecule has 0 unspecified atom stereocenters. The van der Waals surface area contributed by atoms with Crippen LogP contribution in [0.25, 0.3) is 22.5 Å². The molecule has 4 aromatic heterocycles. The monoisotopic (exact) mass is 882 g/mol. The van der Waals surface area contributed by atoms with Crippen LogP contribution in [0, 0.1) is 28.5 Å². The molecule has 0 aliphatic heterocycles. The molecule has 5 aromatic rings. The van der Waals surface area contributed by atoms with E-state index in [0.717, 1.165) is 28.4 Å². The number of pyridine rings is 2. The van der Waals surface area contributed by atoms with Crippen molar-refractivity contribution in [2.45, 2.75) is 63.7 Å². The minimum absolute atomic E-state index is 0.150. The van der Waals surface area contributed by atoms with E-state index in [1.165, 1.54) is 52.9 Å². The Labute approximate surface area is 332 Å². The number of benzene rings is 1. The summed E-state index contributed by atoms with van der Waals surface area (Å²) in [4.78, 5) is 41.1. The van der Waals surface area contributed by atoms with Crippen LogP contribution in [0.3, 0.4) is 0 Å². The van der Waals surface area contributed by atoms with E-state index < -0.39 is 39.7 Å². The second-order valence-electron chi connectivity index (χ2n) is 14.5. The van der Waals surface area contributed by atoms with Gasteiger partial charge in [-0.3, -0.25) is 0 Å². The maximum atomic E-state index is 14.4. The highest BCUT2D eigenvalue weighted by molar-refractivity contribution is 9.11. The zero-order valence-electron chi connectivity index (χ0n) is 30.5. The molecule has 19 heteroatoms. The van der Waals surface area contributed by atoms with Crippen molar-refractivity contribution >= 4 is 60.6 Å². The number of hydrogen-bond acceptors (Lipinski definition) is 10. The van der Waals surface area contributed by atoms with E-state index in [0.29, 0.717) is 26.6 Å². The fourth-order valence-corrected chi connectivity index (χ4v) is 9.73. The van der Waals surface area contributed by atoms with Crippen molar-refractivity contribution in [1.29, 1.82) is 0 Å². The molecule has 0 saturated carbocycles. The average Bonchev–Trinajstić information content (AvgIpc) is 3.67. The van der Waals surface area contributed by atoms with Crippen molar-refractivity contribution in [3.05, 3.63) is 92.4 Å². The number of carbonyl (C=O) groups is 2. The number of rotatable bonds is 10. The quantitative estimate of drug-likeness (QED) is 0.129. The molecule has 2 N–H and O–H groups in total. The minimum atomic E-state index is -4.27. The molecule has 0 radical (unpaired) electrons. The molecule has 0 saturated heterocycles. The van der Waals surface area contributed by atoms with Gasteiger partial charge in [0.05, 0.1) is 32.9 Å². The summed E-state index contributed by atoms with van der Waals surface area (Å²) in [6.45, 7) is 12.0. The van der Waals surface area contributed by atoms with Crippen LogP contribution in [0.1, 0.15) is 51.6 Å². The summed E-state index contributed by atoms with van der Waals surface area (Å²) in [5.41, 5.74) is -0.129. The van der Waals surface area contributed by atoms with Gasteiger partial charge in [0.25, 0.3) is 0 Å². The van der Waals surface area contributed by atoms with Crippen LogP contribution in [0.15, 0.2) is 73.8 Å². The lowest BCUT2D eigenvalue weighted by molar-refractivity contribution is 0.122. The molecule has 1 aromatic carbocycles. The average molecular weight is 884 g/mol. The van der Waals surface area contributed by atoms with E-state index in [2.05, 4.69) is 35.9 Å². The van der Waals surface area contributed by atoms with E-state index >= 15 is 0 Å². The van der Waals surface area contributed by atoms with Gasteiger partial charge in [-0.05, 0) is 69.2 Å². The molecule has 0 bridgehead atoms. The van der Waals surface area contributed by atoms with E-state index in [9.17, 15) is 41.4 Å². The smallest absolute Gasteiger partial charge is 0.407 e. The van der Waals surface area contributed by atoms with Gasteiger partial charge in [0.15, 0.2) is 4.21 Å². The summed E-state index contributed by atoms with van der Waals surface area (Å²) in [5, 5.41) is 19.7. The summed E-state index contributed by atoms with van der Waals surface area (Å²) in [5.74, 6) is -2.27. The summed E-state index contributed by atoms with van der Waals surface area (Å²) in [7, 11) is -4.27. The van der Waals surface area contributed by atoms with Crippen LogP contribution in [0.2, 0.25) is 0 Å². The zero-order chi connectivity index (χ0) is 40.9. The molecular weight excluding hydrogens is 846 g/mol. The number of sulfone groups is 1. The second kappa shape index (κ2) is 17.6. The van der Waals surface area contributed by atoms with Gasteiger partial charge in [0, 0.05) is 25.5 Å². The molecule has 0 spiro atoms. The van der Waals surface area contributed by atoms with Crippen molar-refractivity contribution in [2.75, 3.05) is 13.1 Å². The normalized spacial score (nSPS) is 11.8.